The first-order valence-electron chi connectivity index (χ1n) is 8.27. The molecule has 0 bridgehead atoms. The Morgan fingerprint density at radius 2 is 1.89 bits per heavy atom. The molecule has 2 aromatic carbocycles. The average Bonchev–Trinajstić information content (AvgIpc) is 3.33. The zero-order chi connectivity index (χ0) is 19.0. The minimum Gasteiger partial charge on any atom is -0.459 e. The van der Waals surface area contributed by atoms with Crippen LogP contribution >= 0.6 is 0 Å². The molecule has 1 aliphatic heterocycles. The Balaban J connectivity index is 1.57. The largest absolute Gasteiger partial charge is 0.459 e. The van der Waals surface area contributed by atoms with Crippen molar-refractivity contribution in [3.05, 3.63) is 83.3 Å². The fourth-order valence-electron chi connectivity index (χ4n) is 3.04. The number of hydrogen-bond donors (Lipinski definition) is 1. The summed E-state index contributed by atoms with van der Waals surface area (Å²) in [6.07, 6.45) is 2.13. The van der Waals surface area contributed by atoms with Gasteiger partial charge in [-0.05, 0) is 54.4 Å². The van der Waals surface area contributed by atoms with Gasteiger partial charge in [-0.15, -0.1) is 0 Å². The summed E-state index contributed by atoms with van der Waals surface area (Å²) in [6.45, 7) is 0.509. The number of furan rings is 1. The predicted octanol–water partition coefficient (Wildman–Crippen LogP) is 4.01. The lowest BCUT2D eigenvalue weighted by molar-refractivity contribution is 0.0962. The molecule has 0 radical (unpaired) electrons. The third kappa shape index (κ3) is 3.19. The minimum absolute atomic E-state index is 0.00193. The number of nitrogens with one attached hydrogen (secondary N) is 1. The summed E-state index contributed by atoms with van der Waals surface area (Å²) in [7, 11) is 0. The highest BCUT2D eigenvalue weighted by molar-refractivity contribution is 6.07. The Kier molecular flexibility index (Phi) is 4.19. The van der Waals surface area contributed by atoms with E-state index in [1.54, 1.807) is 29.2 Å². The van der Waals surface area contributed by atoms with Gasteiger partial charge in [-0.2, -0.15) is 0 Å². The summed E-state index contributed by atoms with van der Waals surface area (Å²) >= 11 is 0. The van der Waals surface area contributed by atoms with E-state index in [9.17, 15) is 18.4 Å². The molecule has 1 N–H and O–H groups in total. The second kappa shape index (κ2) is 6.68. The van der Waals surface area contributed by atoms with E-state index >= 15 is 0 Å². The molecule has 0 atom stereocenters. The Hall–Kier alpha value is -3.48. The number of amides is 2. The second-order valence-electron chi connectivity index (χ2n) is 6.11. The monoisotopic (exact) mass is 368 g/mol. The van der Waals surface area contributed by atoms with Crippen molar-refractivity contribution < 1.29 is 22.8 Å². The molecular formula is C20H14F2N2O3. The number of halogens is 2. The maximum absolute atomic E-state index is 13.3. The summed E-state index contributed by atoms with van der Waals surface area (Å²) in [6, 6.07) is 11.4. The van der Waals surface area contributed by atoms with Crippen LogP contribution in [0.1, 0.15) is 26.5 Å². The lowest BCUT2D eigenvalue weighted by atomic mass is 10.1. The van der Waals surface area contributed by atoms with Crippen LogP contribution in [0.2, 0.25) is 0 Å². The van der Waals surface area contributed by atoms with Crippen molar-refractivity contribution in [3.63, 3.8) is 0 Å². The first-order valence-corrected chi connectivity index (χ1v) is 8.27. The smallest absolute Gasteiger partial charge is 0.293 e. The summed E-state index contributed by atoms with van der Waals surface area (Å²) in [5, 5.41) is 2.64. The van der Waals surface area contributed by atoms with Crippen molar-refractivity contribution >= 4 is 23.2 Å². The molecule has 0 aliphatic carbocycles. The third-order valence-electron chi connectivity index (χ3n) is 4.40. The Labute approximate surface area is 153 Å². The molecule has 3 aromatic rings. The van der Waals surface area contributed by atoms with Gasteiger partial charge in [0.2, 0.25) is 0 Å². The minimum atomic E-state index is -1.09. The topological polar surface area (TPSA) is 62.6 Å². The standard InChI is InChI=1S/C20H14F2N2O3/c21-15-6-4-13(10-16(15)22)19(25)23-14-5-3-12-7-8-24(17(12)11-14)20(26)18-2-1-9-27-18/h1-6,9-11H,7-8H2,(H,23,25). The average molecular weight is 368 g/mol. The van der Waals surface area contributed by atoms with E-state index in [1.807, 2.05) is 6.07 Å². The van der Waals surface area contributed by atoms with Gasteiger partial charge >= 0.3 is 0 Å². The van der Waals surface area contributed by atoms with Crippen LogP contribution in [0.3, 0.4) is 0 Å². The van der Waals surface area contributed by atoms with Crippen molar-refractivity contribution in [2.24, 2.45) is 0 Å². The molecule has 0 fully saturated rings. The van der Waals surface area contributed by atoms with Gasteiger partial charge in [0.1, 0.15) is 0 Å². The van der Waals surface area contributed by atoms with Crippen molar-refractivity contribution in [1.29, 1.82) is 0 Å². The molecule has 2 heterocycles. The van der Waals surface area contributed by atoms with Crippen LogP contribution in [0.25, 0.3) is 0 Å². The highest BCUT2D eigenvalue weighted by atomic mass is 19.2. The maximum atomic E-state index is 13.3. The Morgan fingerprint density at radius 1 is 1.04 bits per heavy atom. The maximum Gasteiger partial charge on any atom is 0.293 e. The number of rotatable bonds is 3. The fraction of sp³-hybridized carbons (Fsp3) is 0.100. The molecule has 2 amide bonds. The molecule has 136 valence electrons. The number of benzene rings is 2. The van der Waals surface area contributed by atoms with Crippen LogP contribution in [-0.4, -0.2) is 18.4 Å². The first kappa shape index (κ1) is 17.0. The molecule has 4 rings (SSSR count). The summed E-state index contributed by atoms with van der Waals surface area (Å²) in [5.74, 6) is -2.71. The first-order chi connectivity index (χ1) is 13.0. The molecule has 0 saturated heterocycles. The molecular weight excluding hydrogens is 354 g/mol. The van der Waals surface area contributed by atoms with Crippen molar-refractivity contribution in [2.75, 3.05) is 16.8 Å². The summed E-state index contributed by atoms with van der Waals surface area (Å²) in [5.41, 5.74) is 2.10. The molecule has 5 nitrogen and oxygen atoms in total. The van der Waals surface area contributed by atoms with Crippen LogP contribution < -0.4 is 10.2 Å². The molecule has 0 saturated carbocycles. The molecule has 27 heavy (non-hydrogen) atoms. The van der Waals surface area contributed by atoms with E-state index < -0.39 is 17.5 Å². The SMILES string of the molecule is O=C(Nc1ccc2c(c1)N(C(=O)c1ccco1)CC2)c1ccc(F)c(F)c1. The number of nitrogens with zero attached hydrogens (tertiary/aromatic N) is 1. The predicted molar refractivity (Wildman–Crippen MR) is 94.8 cm³/mol. The number of anilines is 2. The quantitative estimate of drug-likeness (QED) is 0.760. The van der Waals surface area contributed by atoms with Crippen LogP contribution in [0.5, 0.6) is 0 Å². The molecule has 7 heteroatoms. The Morgan fingerprint density at radius 3 is 2.63 bits per heavy atom. The van der Waals surface area contributed by atoms with Crippen molar-refractivity contribution in [3.8, 4) is 0 Å². The van der Waals surface area contributed by atoms with E-state index in [2.05, 4.69) is 5.32 Å². The van der Waals surface area contributed by atoms with Gasteiger partial charge in [-0.3, -0.25) is 9.59 Å². The third-order valence-corrected chi connectivity index (χ3v) is 4.40. The van der Waals surface area contributed by atoms with E-state index in [4.69, 9.17) is 4.42 Å². The molecule has 0 spiro atoms. The van der Waals surface area contributed by atoms with Crippen molar-refractivity contribution in [1.82, 2.24) is 0 Å². The van der Waals surface area contributed by atoms with Gasteiger partial charge in [-0.1, -0.05) is 6.07 Å². The number of fused-ring (bicyclic) bond motifs is 1. The zero-order valence-electron chi connectivity index (χ0n) is 14.0. The lowest BCUT2D eigenvalue weighted by Gasteiger charge is -2.17. The fourth-order valence-corrected chi connectivity index (χ4v) is 3.04. The molecule has 1 aromatic heterocycles. The van der Waals surface area contributed by atoms with Crippen LogP contribution in [0.15, 0.2) is 59.2 Å². The highest BCUT2D eigenvalue weighted by Gasteiger charge is 2.27. The van der Waals surface area contributed by atoms with Gasteiger partial charge in [0.25, 0.3) is 11.8 Å². The number of carbonyl (C=O) groups excluding carboxylic acids is 2. The Bertz CT molecular complexity index is 1030. The van der Waals surface area contributed by atoms with Gasteiger partial charge in [0.15, 0.2) is 17.4 Å². The summed E-state index contributed by atoms with van der Waals surface area (Å²) < 4.78 is 31.5. The van der Waals surface area contributed by atoms with Gasteiger partial charge in [0, 0.05) is 23.5 Å². The van der Waals surface area contributed by atoms with Gasteiger partial charge in [0.05, 0.1) is 6.26 Å². The van der Waals surface area contributed by atoms with Crippen molar-refractivity contribution in [2.45, 2.75) is 6.42 Å². The van der Waals surface area contributed by atoms with E-state index in [-0.39, 0.29) is 17.2 Å². The molecule has 1 aliphatic rings. The highest BCUT2D eigenvalue weighted by Crippen LogP contribution is 2.32. The number of hydrogen-bond acceptors (Lipinski definition) is 3. The van der Waals surface area contributed by atoms with E-state index in [1.165, 1.54) is 12.3 Å². The number of carbonyl (C=O) groups is 2. The lowest BCUT2D eigenvalue weighted by Crippen LogP contribution is -2.28. The van der Waals surface area contributed by atoms with Gasteiger partial charge < -0.3 is 14.6 Å². The second-order valence-corrected chi connectivity index (χ2v) is 6.11. The van der Waals surface area contributed by atoms with Crippen LogP contribution in [-0.2, 0) is 6.42 Å². The van der Waals surface area contributed by atoms with Crippen LogP contribution in [0, 0.1) is 11.6 Å². The molecule has 0 unspecified atom stereocenters. The van der Waals surface area contributed by atoms with Crippen LogP contribution in [0.4, 0.5) is 20.2 Å². The van der Waals surface area contributed by atoms with E-state index in [0.29, 0.717) is 24.3 Å². The van der Waals surface area contributed by atoms with Gasteiger partial charge in [-0.25, -0.2) is 8.78 Å². The normalized spacial score (nSPS) is 12.7. The zero-order valence-corrected chi connectivity index (χ0v) is 14.0. The van der Waals surface area contributed by atoms with E-state index in [0.717, 1.165) is 17.7 Å². The summed E-state index contributed by atoms with van der Waals surface area (Å²) in [4.78, 5) is 26.4.